The molecule has 0 saturated carbocycles. The van der Waals surface area contributed by atoms with Crippen LogP contribution in [0.4, 0.5) is 0 Å². The second-order valence-corrected chi connectivity index (χ2v) is 3.75. The van der Waals surface area contributed by atoms with E-state index in [1.807, 2.05) is 48.0 Å². The van der Waals surface area contributed by atoms with Crippen molar-refractivity contribution in [3.05, 3.63) is 35.9 Å². The van der Waals surface area contributed by atoms with Crippen molar-refractivity contribution >= 4 is 0 Å². The monoisotopic (exact) mass is 219 g/mol. The number of nitrogens with one attached hydrogen (secondary N) is 1. The summed E-state index contributed by atoms with van der Waals surface area (Å²) in [5, 5.41) is 11.9. The molecule has 5 nitrogen and oxygen atoms in total. The van der Waals surface area contributed by atoms with Gasteiger partial charge < -0.3 is 5.32 Å². The highest BCUT2D eigenvalue weighted by Gasteiger charge is 2.18. The van der Waals surface area contributed by atoms with Gasteiger partial charge >= 0.3 is 0 Å². The van der Waals surface area contributed by atoms with Crippen LogP contribution in [-0.2, 0) is 14.1 Å². The molecule has 2 aromatic heterocycles. The van der Waals surface area contributed by atoms with E-state index >= 15 is 0 Å². The Morgan fingerprint density at radius 1 is 1.12 bits per heavy atom. The van der Waals surface area contributed by atoms with E-state index in [-0.39, 0.29) is 6.04 Å². The summed E-state index contributed by atoms with van der Waals surface area (Å²) in [6.45, 7) is 3.00. The van der Waals surface area contributed by atoms with Gasteiger partial charge in [0, 0.05) is 26.5 Å². The van der Waals surface area contributed by atoms with Crippen LogP contribution in [0, 0.1) is 0 Å². The standard InChI is InChI=1S/C11H17N5/c1-4-12-11(9-5-7-13-15(9)2)10-6-8-14-16(10)3/h5-8,11-12H,4H2,1-3H3. The Labute approximate surface area is 95.1 Å². The molecular weight excluding hydrogens is 202 g/mol. The largest absolute Gasteiger partial charge is 0.304 e. The number of nitrogens with zero attached hydrogens (tertiary/aromatic N) is 4. The summed E-state index contributed by atoms with van der Waals surface area (Å²) in [6, 6.07) is 4.20. The lowest BCUT2D eigenvalue weighted by Crippen LogP contribution is -2.26. The smallest absolute Gasteiger partial charge is 0.0918 e. The molecule has 16 heavy (non-hydrogen) atoms. The van der Waals surface area contributed by atoms with Crippen LogP contribution >= 0.6 is 0 Å². The fraction of sp³-hybridized carbons (Fsp3) is 0.455. The molecule has 0 saturated heterocycles. The minimum absolute atomic E-state index is 0.144. The van der Waals surface area contributed by atoms with Gasteiger partial charge in [0.05, 0.1) is 17.4 Å². The first-order valence-corrected chi connectivity index (χ1v) is 5.43. The van der Waals surface area contributed by atoms with Crippen molar-refractivity contribution in [2.45, 2.75) is 13.0 Å². The van der Waals surface area contributed by atoms with Gasteiger partial charge in [-0.1, -0.05) is 6.92 Å². The molecule has 0 atom stereocenters. The maximum atomic E-state index is 4.21. The number of hydrogen-bond donors (Lipinski definition) is 1. The lowest BCUT2D eigenvalue weighted by atomic mass is 10.1. The molecule has 0 aliphatic carbocycles. The Balaban J connectivity index is 2.39. The van der Waals surface area contributed by atoms with Crippen molar-refractivity contribution in [1.82, 2.24) is 24.9 Å². The van der Waals surface area contributed by atoms with E-state index in [1.54, 1.807) is 0 Å². The molecule has 1 N–H and O–H groups in total. The van der Waals surface area contributed by atoms with Gasteiger partial charge in [0.2, 0.25) is 0 Å². The van der Waals surface area contributed by atoms with Crippen LogP contribution < -0.4 is 5.32 Å². The number of aryl methyl sites for hydroxylation is 2. The number of hydrogen-bond acceptors (Lipinski definition) is 3. The zero-order chi connectivity index (χ0) is 11.5. The third-order valence-corrected chi connectivity index (χ3v) is 2.72. The third kappa shape index (κ3) is 1.86. The molecule has 2 heterocycles. The van der Waals surface area contributed by atoms with Crippen LogP contribution in [0.5, 0.6) is 0 Å². The fourth-order valence-corrected chi connectivity index (χ4v) is 1.90. The molecule has 2 aromatic rings. The lowest BCUT2D eigenvalue weighted by Gasteiger charge is -2.18. The first kappa shape index (κ1) is 10.9. The van der Waals surface area contributed by atoms with E-state index in [9.17, 15) is 0 Å². The summed E-state index contributed by atoms with van der Waals surface area (Å²) < 4.78 is 3.78. The highest BCUT2D eigenvalue weighted by atomic mass is 15.3. The molecule has 0 bridgehead atoms. The second kappa shape index (κ2) is 4.49. The summed E-state index contributed by atoms with van der Waals surface area (Å²) in [5.41, 5.74) is 2.29. The normalized spacial score (nSPS) is 11.2. The summed E-state index contributed by atoms with van der Waals surface area (Å²) in [4.78, 5) is 0. The van der Waals surface area contributed by atoms with Gasteiger partial charge in [0.25, 0.3) is 0 Å². The Morgan fingerprint density at radius 2 is 1.62 bits per heavy atom. The van der Waals surface area contributed by atoms with Crippen LogP contribution in [-0.4, -0.2) is 26.1 Å². The molecular formula is C11H17N5. The van der Waals surface area contributed by atoms with Gasteiger partial charge in [-0.3, -0.25) is 9.36 Å². The number of aromatic nitrogens is 4. The van der Waals surface area contributed by atoms with Crippen molar-refractivity contribution in [2.24, 2.45) is 14.1 Å². The van der Waals surface area contributed by atoms with E-state index in [1.165, 1.54) is 0 Å². The molecule has 0 spiro atoms. The van der Waals surface area contributed by atoms with E-state index in [0.717, 1.165) is 17.9 Å². The summed E-state index contributed by atoms with van der Waals surface area (Å²) >= 11 is 0. The summed E-state index contributed by atoms with van der Waals surface area (Å²) in [7, 11) is 3.91. The third-order valence-electron chi connectivity index (χ3n) is 2.72. The molecule has 0 unspecified atom stereocenters. The zero-order valence-electron chi connectivity index (χ0n) is 9.88. The molecule has 86 valence electrons. The van der Waals surface area contributed by atoms with Gasteiger partial charge in [0.1, 0.15) is 0 Å². The highest BCUT2D eigenvalue weighted by molar-refractivity contribution is 5.21. The highest BCUT2D eigenvalue weighted by Crippen LogP contribution is 2.20. The first-order chi connectivity index (χ1) is 7.74. The van der Waals surface area contributed by atoms with E-state index in [0.29, 0.717) is 0 Å². The van der Waals surface area contributed by atoms with Gasteiger partial charge in [-0.05, 0) is 18.7 Å². The summed E-state index contributed by atoms with van der Waals surface area (Å²) in [5.74, 6) is 0. The van der Waals surface area contributed by atoms with E-state index < -0.39 is 0 Å². The lowest BCUT2D eigenvalue weighted by molar-refractivity contribution is 0.534. The molecule has 0 amide bonds. The Kier molecular flexibility index (Phi) is 3.05. The van der Waals surface area contributed by atoms with Gasteiger partial charge in [0.15, 0.2) is 0 Å². The second-order valence-electron chi connectivity index (χ2n) is 3.75. The molecule has 2 rings (SSSR count). The quantitative estimate of drug-likeness (QED) is 0.829. The van der Waals surface area contributed by atoms with Crippen molar-refractivity contribution in [1.29, 1.82) is 0 Å². The van der Waals surface area contributed by atoms with E-state index in [4.69, 9.17) is 0 Å². The Hall–Kier alpha value is -1.62. The fourth-order valence-electron chi connectivity index (χ4n) is 1.90. The molecule has 0 aliphatic rings. The molecule has 0 fully saturated rings. The molecule has 0 aromatic carbocycles. The molecule has 0 radical (unpaired) electrons. The van der Waals surface area contributed by atoms with Gasteiger partial charge in [-0.25, -0.2) is 0 Å². The molecule has 5 heteroatoms. The van der Waals surface area contributed by atoms with Crippen LogP contribution in [0.3, 0.4) is 0 Å². The topological polar surface area (TPSA) is 47.7 Å². The van der Waals surface area contributed by atoms with Crippen molar-refractivity contribution in [2.75, 3.05) is 6.54 Å². The van der Waals surface area contributed by atoms with Gasteiger partial charge in [-0.2, -0.15) is 10.2 Å². The minimum Gasteiger partial charge on any atom is -0.304 e. The molecule has 0 aliphatic heterocycles. The Morgan fingerprint density at radius 3 is 1.94 bits per heavy atom. The average Bonchev–Trinajstić information content (AvgIpc) is 2.84. The zero-order valence-corrected chi connectivity index (χ0v) is 9.88. The van der Waals surface area contributed by atoms with Crippen LogP contribution in [0.2, 0.25) is 0 Å². The van der Waals surface area contributed by atoms with Crippen LogP contribution in [0.1, 0.15) is 24.4 Å². The predicted molar refractivity (Wildman–Crippen MR) is 61.9 cm³/mol. The SMILES string of the molecule is CCNC(c1ccnn1C)c1ccnn1C. The van der Waals surface area contributed by atoms with Crippen molar-refractivity contribution in [3.63, 3.8) is 0 Å². The first-order valence-electron chi connectivity index (χ1n) is 5.43. The maximum Gasteiger partial charge on any atom is 0.0918 e. The average molecular weight is 219 g/mol. The minimum atomic E-state index is 0.144. The van der Waals surface area contributed by atoms with E-state index in [2.05, 4.69) is 22.4 Å². The Bertz CT molecular complexity index is 416. The maximum absolute atomic E-state index is 4.21. The van der Waals surface area contributed by atoms with Crippen molar-refractivity contribution in [3.8, 4) is 0 Å². The van der Waals surface area contributed by atoms with Gasteiger partial charge in [-0.15, -0.1) is 0 Å². The van der Waals surface area contributed by atoms with Crippen molar-refractivity contribution < 1.29 is 0 Å². The number of rotatable bonds is 4. The van der Waals surface area contributed by atoms with Crippen LogP contribution in [0.25, 0.3) is 0 Å². The van der Waals surface area contributed by atoms with Crippen LogP contribution in [0.15, 0.2) is 24.5 Å². The predicted octanol–water partition coefficient (Wildman–Crippen LogP) is 0.852. The summed E-state index contributed by atoms with van der Waals surface area (Å²) in [6.07, 6.45) is 3.63.